The van der Waals surface area contributed by atoms with Crippen LogP contribution in [-0.4, -0.2) is 17.7 Å². The quantitative estimate of drug-likeness (QED) is 0.740. The van der Waals surface area contributed by atoms with Crippen molar-refractivity contribution in [1.29, 1.82) is 0 Å². The average Bonchev–Trinajstić information content (AvgIpc) is 2.85. The van der Waals surface area contributed by atoms with Gasteiger partial charge in [0.2, 0.25) is 0 Å². The summed E-state index contributed by atoms with van der Waals surface area (Å²) in [7, 11) is 0. The van der Waals surface area contributed by atoms with Crippen LogP contribution in [0.15, 0.2) is 36.4 Å². The molecule has 2 aromatic rings. The number of urea groups is 1. The van der Waals surface area contributed by atoms with Crippen LogP contribution in [-0.2, 0) is 4.74 Å². The predicted molar refractivity (Wildman–Crippen MR) is 96.6 cm³/mol. The summed E-state index contributed by atoms with van der Waals surface area (Å²) < 4.78 is 33.0. The summed E-state index contributed by atoms with van der Waals surface area (Å²) in [5.41, 5.74) is 0.305. The second-order valence-corrected chi connectivity index (χ2v) is 6.85. The number of rotatable bonds is 3. The molecule has 1 atom stereocenters. The number of hydrogen-bond acceptors (Lipinski definition) is 3. The summed E-state index contributed by atoms with van der Waals surface area (Å²) in [6.45, 7) is 4.94. The molecule has 0 aromatic heterocycles. The highest BCUT2D eigenvalue weighted by atomic mass is 19.1. The molecule has 6 nitrogen and oxygen atoms in total. The number of hydrogen-bond donors (Lipinski definition) is 3. The SMILES string of the molecule is Cc1ccc(NC(=O)Nc2ccc(F)c([C@@H]3NC(=O)OC3(C)C)c2)cc1F. The number of ether oxygens (including phenoxy) is 1. The number of carbonyl (C=O) groups excluding carboxylic acids is 2. The lowest BCUT2D eigenvalue weighted by molar-refractivity contribution is 0.0677. The topological polar surface area (TPSA) is 79.5 Å². The van der Waals surface area contributed by atoms with Gasteiger partial charge in [-0.2, -0.15) is 0 Å². The predicted octanol–water partition coefficient (Wildman–Crippen LogP) is 4.48. The Morgan fingerprint density at radius 2 is 1.70 bits per heavy atom. The van der Waals surface area contributed by atoms with Crippen molar-refractivity contribution >= 4 is 23.5 Å². The fourth-order valence-corrected chi connectivity index (χ4v) is 2.88. The van der Waals surface area contributed by atoms with Crippen molar-refractivity contribution < 1.29 is 23.1 Å². The van der Waals surface area contributed by atoms with Gasteiger partial charge in [-0.05, 0) is 56.7 Å². The molecule has 1 aliphatic heterocycles. The second-order valence-electron chi connectivity index (χ2n) is 6.85. The van der Waals surface area contributed by atoms with E-state index in [-0.39, 0.29) is 11.3 Å². The fourth-order valence-electron chi connectivity index (χ4n) is 2.88. The summed E-state index contributed by atoms with van der Waals surface area (Å²) in [6.07, 6.45) is -0.637. The molecule has 1 fully saturated rings. The van der Waals surface area contributed by atoms with Gasteiger partial charge < -0.3 is 20.7 Å². The van der Waals surface area contributed by atoms with E-state index in [9.17, 15) is 18.4 Å². The second kappa shape index (κ2) is 6.86. The van der Waals surface area contributed by atoms with Crippen molar-refractivity contribution in [2.24, 2.45) is 0 Å². The molecule has 1 heterocycles. The molecule has 8 heteroatoms. The summed E-state index contributed by atoms with van der Waals surface area (Å²) in [6, 6.07) is 7.01. The Labute approximate surface area is 154 Å². The fraction of sp³-hybridized carbons (Fsp3) is 0.263. The van der Waals surface area contributed by atoms with E-state index in [1.807, 2.05) is 0 Å². The van der Waals surface area contributed by atoms with E-state index in [2.05, 4.69) is 16.0 Å². The van der Waals surface area contributed by atoms with Gasteiger partial charge in [0, 0.05) is 16.9 Å². The molecule has 27 heavy (non-hydrogen) atoms. The molecule has 3 amide bonds. The standard InChI is InChI=1S/C19H19F2N3O3/c1-10-4-5-12(9-15(10)21)23-17(25)22-11-6-7-14(20)13(8-11)16-19(2,3)27-18(26)24-16/h4-9,16H,1-3H3,(H,24,26)(H2,22,23,25)/t16-/m0/s1. The Balaban J connectivity index is 1.77. The normalized spacial score (nSPS) is 17.8. The minimum absolute atomic E-state index is 0.185. The Hall–Kier alpha value is -3.16. The molecular weight excluding hydrogens is 356 g/mol. The first-order chi connectivity index (χ1) is 12.7. The van der Waals surface area contributed by atoms with Crippen LogP contribution in [0, 0.1) is 18.6 Å². The first kappa shape index (κ1) is 18.6. The van der Waals surface area contributed by atoms with Crippen molar-refractivity contribution in [2.75, 3.05) is 10.6 Å². The number of nitrogens with one attached hydrogen (secondary N) is 3. The van der Waals surface area contributed by atoms with E-state index < -0.39 is 35.4 Å². The van der Waals surface area contributed by atoms with Gasteiger partial charge >= 0.3 is 12.1 Å². The Morgan fingerprint density at radius 3 is 2.30 bits per heavy atom. The zero-order chi connectivity index (χ0) is 19.8. The minimum atomic E-state index is -0.946. The summed E-state index contributed by atoms with van der Waals surface area (Å²) >= 11 is 0. The van der Waals surface area contributed by atoms with Crippen molar-refractivity contribution in [3.05, 3.63) is 59.2 Å². The van der Waals surface area contributed by atoms with Crippen molar-refractivity contribution in [1.82, 2.24) is 5.32 Å². The lowest BCUT2D eigenvalue weighted by Crippen LogP contribution is -2.31. The summed E-state index contributed by atoms with van der Waals surface area (Å²) in [5, 5.41) is 7.63. The molecule has 2 aromatic carbocycles. The maximum Gasteiger partial charge on any atom is 0.408 e. The third kappa shape index (κ3) is 3.99. The van der Waals surface area contributed by atoms with E-state index >= 15 is 0 Å². The summed E-state index contributed by atoms with van der Waals surface area (Å²) in [5.74, 6) is -0.971. The van der Waals surface area contributed by atoms with Gasteiger partial charge in [-0.25, -0.2) is 18.4 Å². The highest BCUT2D eigenvalue weighted by molar-refractivity contribution is 5.99. The van der Waals surface area contributed by atoms with Gasteiger partial charge in [-0.1, -0.05) is 6.07 Å². The van der Waals surface area contributed by atoms with Crippen LogP contribution in [0.4, 0.5) is 29.7 Å². The van der Waals surface area contributed by atoms with Crippen LogP contribution in [0.2, 0.25) is 0 Å². The third-order valence-corrected chi connectivity index (χ3v) is 4.31. The van der Waals surface area contributed by atoms with Crippen LogP contribution >= 0.6 is 0 Å². The van der Waals surface area contributed by atoms with Crippen LogP contribution in [0.25, 0.3) is 0 Å². The first-order valence-electron chi connectivity index (χ1n) is 8.29. The van der Waals surface area contributed by atoms with Gasteiger partial charge in [0.1, 0.15) is 17.2 Å². The Kier molecular flexibility index (Phi) is 4.73. The monoisotopic (exact) mass is 375 g/mol. The zero-order valence-corrected chi connectivity index (χ0v) is 15.0. The van der Waals surface area contributed by atoms with E-state index in [1.165, 1.54) is 24.3 Å². The highest BCUT2D eigenvalue weighted by Crippen LogP contribution is 2.36. The van der Waals surface area contributed by atoms with Gasteiger partial charge in [0.15, 0.2) is 0 Å². The van der Waals surface area contributed by atoms with Gasteiger partial charge in [-0.15, -0.1) is 0 Å². The molecule has 3 rings (SSSR count). The van der Waals surface area contributed by atoms with Crippen molar-refractivity contribution in [3.63, 3.8) is 0 Å². The van der Waals surface area contributed by atoms with Gasteiger partial charge in [0.05, 0.1) is 6.04 Å². The molecule has 0 radical (unpaired) electrons. The number of cyclic esters (lactones) is 1. The highest BCUT2D eigenvalue weighted by Gasteiger charge is 2.43. The Morgan fingerprint density at radius 1 is 1.07 bits per heavy atom. The van der Waals surface area contributed by atoms with Crippen LogP contribution < -0.4 is 16.0 Å². The van der Waals surface area contributed by atoms with E-state index in [1.54, 1.807) is 32.9 Å². The third-order valence-electron chi connectivity index (χ3n) is 4.31. The van der Waals surface area contributed by atoms with Crippen LogP contribution in [0.1, 0.15) is 31.0 Å². The lowest BCUT2D eigenvalue weighted by Gasteiger charge is -2.24. The van der Waals surface area contributed by atoms with Gasteiger partial charge in [-0.3, -0.25) is 0 Å². The molecule has 0 spiro atoms. The van der Waals surface area contributed by atoms with Crippen LogP contribution in [0.3, 0.4) is 0 Å². The van der Waals surface area contributed by atoms with E-state index in [0.29, 0.717) is 11.3 Å². The van der Waals surface area contributed by atoms with Crippen LogP contribution in [0.5, 0.6) is 0 Å². The number of carbonyl (C=O) groups is 2. The molecule has 0 bridgehead atoms. The maximum absolute atomic E-state index is 14.3. The van der Waals surface area contributed by atoms with E-state index in [0.717, 1.165) is 0 Å². The van der Waals surface area contributed by atoms with E-state index in [4.69, 9.17) is 4.74 Å². The number of anilines is 2. The molecule has 1 saturated heterocycles. The first-order valence-corrected chi connectivity index (χ1v) is 8.29. The molecule has 0 saturated carbocycles. The number of halogens is 2. The number of alkyl carbamates (subject to hydrolysis) is 1. The average molecular weight is 375 g/mol. The number of benzene rings is 2. The number of aryl methyl sites for hydroxylation is 1. The summed E-state index contributed by atoms with van der Waals surface area (Å²) in [4.78, 5) is 23.6. The molecule has 0 aliphatic carbocycles. The maximum atomic E-state index is 14.3. The number of amides is 3. The molecule has 142 valence electrons. The van der Waals surface area contributed by atoms with Crippen molar-refractivity contribution in [3.8, 4) is 0 Å². The van der Waals surface area contributed by atoms with Gasteiger partial charge in [0.25, 0.3) is 0 Å². The smallest absolute Gasteiger partial charge is 0.408 e. The minimum Gasteiger partial charge on any atom is -0.441 e. The lowest BCUT2D eigenvalue weighted by atomic mass is 9.92. The molecule has 1 aliphatic rings. The molecule has 0 unspecified atom stereocenters. The Bertz CT molecular complexity index is 915. The molecular formula is C19H19F2N3O3. The zero-order valence-electron chi connectivity index (χ0n) is 15.0. The molecule has 3 N–H and O–H groups in total. The van der Waals surface area contributed by atoms with Crippen molar-refractivity contribution in [2.45, 2.75) is 32.4 Å². The largest absolute Gasteiger partial charge is 0.441 e.